The molecule has 2 aromatic rings. The van der Waals surface area contributed by atoms with Crippen molar-refractivity contribution >= 4 is 32.7 Å². The Bertz CT molecular complexity index is 626. The van der Waals surface area contributed by atoms with E-state index < -0.39 is 0 Å². The fraction of sp³-hybridized carbons (Fsp3) is 0.500. The van der Waals surface area contributed by atoms with Gasteiger partial charge in [-0.05, 0) is 23.0 Å². The number of anilines is 1. The maximum absolute atomic E-state index is 6.01. The molecule has 0 bridgehead atoms. The molecule has 1 heterocycles. The van der Waals surface area contributed by atoms with E-state index in [0.717, 1.165) is 27.0 Å². The van der Waals surface area contributed by atoms with E-state index in [1.165, 1.54) is 0 Å². The molecule has 0 atom stereocenters. The number of nitrogen functional groups attached to an aromatic ring is 1. The van der Waals surface area contributed by atoms with Crippen LogP contribution in [0, 0.1) is 10.8 Å². The van der Waals surface area contributed by atoms with Crippen LogP contribution in [0.15, 0.2) is 16.6 Å². The van der Waals surface area contributed by atoms with Crippen molar-refractivity contribution in [2.24, 2.45) is 10.8 Å². The predicted molar refractivity (Wildman–Crippen MR) is 78.5 cm³/mol. The number of fused-ring (bicyclic) bond motifs is 1. The number of nitrogens with one attached hydrogen (secondary N) is 1. The van der Waals surface area contributed by atoms with Gasteiger partial charge in [-0.2, -0.15) is 0 Å². The zero-order valence-corrected chi connectivity index (χ0v) is 12.7. The number of benzene rings is 1. The lowest BCUT2D eigenvalue weighted by Crippen LogP contribution is -1.95. The molecule has 1 aliphatic carbocycles. The van der Waals surface area contributed by atoms with Gasteiger partial charge in [0.15, 0.2) is 0 Å². The largest absolute Gasteiger partial charge is 0.397 e. The Morgan fingerprint density at radius 2 is 1.83 bits per heavy atom. The van der Waals surface area contributed by atoms with E-state index in [9.17, 15) is 0 Å². The molecule has 1 aliphatic rings. The number of H-pyrrole nitrogens is 1. The summed E-state index contributed by atoms with van der Waals surface area (Å²) in [6, 6.07) is 3.93. The minimum atomic E-state index is 0.285. The highest BCUT2D eigenvalue weighted by atomic mass is 79.9. The molecule has 3 nitrogen and oxygen atoms in total. The van der Waals surface area contributed by atoms with Crippen molar-refractivity contribution in [3.8, 4) is 0 Å². The second-order valence-corrected chi connectivity index (χ2v) is 7.31. The van der Waals surface area contributed by atoms with Crippen molar-refractivity contribution in [1.29, 1.82) is 0 Å². The van der Waals surface area contributed by atoms with Crippen LogP contribution in [0.5, 0.6) is 0 Å². The minimum Gasteiger partial charge on any atom is -0.397 e. The van der Waals surface area contributed by atoms with E-state index in [4.69, 9.17) is 10.7 Å². The number of hydrogen-bond acceptors (Lipinski definition) is 2. The third-order valence-electron chi connectivity index (χ3n) is 4.89. The first-order valence-corrected chi connectivity index (χ1v) is 6.99. The van der Waals surface area contributed by atoms with Crippen LogP contribution < -0.4 is 5.73 Å². The van der Waals surface area contributed by atoms with Crippen LogP contribution in [0.1, 0.15) is 39.4 Å². The molecule has 0 unspecified atom stereocenters. The van der Waals surface area contributed by atoms with E-state index in [2.05, 4.69) is 48.6 Å². The molecule has 18 heavy (non-hydrogen) atoms. The molecule has 0 saturated heterocycles. The van der Waals surface area contributed by atoms with Crippen LogP contribution >= 0.6 is 15.9 Å². The fourth-order valence-electron chi connectivity index (χ4n) is 3.14. The van der Waals surface area contributed by atoms with Gasteiger partial charge in [0.2, 0.25) is 0 Å². The van der Waals surface area contributed by atoms with Gasteiger partial charge in [0, 0.05) is 10.4 Å². The van der Waals surface area contributed by atoms with E-state index in [1.807, 2.05) is 12.1 Å². The quantitative estimate of drug-likeness (QED) is 0.781. The van der Waals surface area contributed by atoms with Gasteiger partial charge in [-0.15, -0.1) is 0 Å². The summed E-state index contributed by atoms with van der Waals surface area (Å²) in [7, 11) is 0. The van der Waals surface area contributed by atoms with Crippen LogP contribution in [-0.2, 0) is 0 Å². The molecule has 1 aromatic heterocycles. The van der Waals surface area contributed by atoms with Gasteiger partial charge in [-0.3, -0.25) is 0 Å². The second kappa shape index (κ2) is 3.29. The normalized spacial score (nSPS) is 21.4. The Morgan fingerprint density at radius 3 is 2.39 bits per heavy atom. The molecule has 96 valence electrons. The SMILES string of the molecule is CC1(C)C(c2nc3c(N)cc(Br)cc3[nH]2)C1(C)C. The minimum absolute atomic E-state index is 0.285. The first-order chi connectivity index (χ1) is 8.25. The summed E-state index contributed by atoms with van der Waals surface area (Å²) in [6.07, 6.45) is 0. The first-order valence-electron chi connectivity index (χ1n) is 6.20. The van der Waals surface area contributed by atoms with Crippen molar-refractivity contribution in [3.05, 3.63) is 22.4 Å². The average Bonchev–Trinajstić information content (AvgIpc) is 2.57. The highest BCUT2D eigenvalue weighted by Gasteiger charge is 2.66. The molecule has 0 radical (unpaired) electrons. The summed E-state index contributed by atoms with van der Waals surface area (Å²) in [5.41, 5.74) is 9.19. The van der Waals surface area contributed by atoms with Gasteiger partial charge in [0.1, 0.15) is 11.3 Å². The summed E-state index contributed by atoms with van der Waals surface area (Å²) in [5.74, 6) is 1.53. The van der Waals surface area contributed by atoms with Gasteiger partial charge in [0.25, 0.3) is 0 Å². The molecule has 0 aliphatic heterocycles. The average molecular weight is 308 g/mol. The van der Waals surface area contributed by atoms with E-state index in [0.29, 0.717) is 5.92 Å². The Labute approximate surface area is 115 Å². The van der Waals surface area contributed by atoms with Crippen LogP contribution in [0.4, 0.5) is 5.69 Å². The highest BCUT2D eigenvalue weighted by Crippen LogP contribution is 2.73. The number of halogens is 1. The van der Waals surface area contributed by atoms with Gasteiger partial charge in [-0.1, -0.05) is 43.6 Å². The zero-order valence-electron chi connectivity index (χ0n) is 11.1. The Kier molecular flexibility index (Phi) is 2.20. The molecule has 1 aromatic carbocycles. The lowest BCUT2D eigenvalue weighted by Gasteiger charge is -2.03. The van der Waals surface area contributed by atoms with Crippen LogP contribution in [-0.4, -0.2) is 9.97 Å². The van der Waals surface area contributed by atoms with Crippen LogP contribution in [0.3, 0.4) is 0 Å². The molecule has 1 saturated carbocycles. The summed E-state index contributed by atoms with van der Waals surface area (Å²) >= 11 is 3.46. The molecule has 3 rings (SSSR count). The van der Waals surface area contributed by atoms with Crippen molar-refractivity contribution < 1.29 is 0 Å². The number of aromatic amines is 1. The number of hydrogen-bond donors (Lipinski definition) is 2. The lowest BCUT2D eigenvalue weighted by atomic mass is 10.0. The molecular formula is C14H18BrN3. The Hall–Kier alpha value is -1.03. The first kappa shape index (κ1) is 12.0. The molecular weight excluding hydrogens is 290 g/mol. The number of nitrogens with zero attached hydrogens (tertiary/aromatic N) is 1. The summed E-state index contributed by atoms with van der Waals surface area (Å²) in [6.45, 7) is 9.18. The van der Waals surface area contributed by atoms with E-state index in [-0.39, 0.29) is 10.8 Å². The number of aromatic nitrogens is 2. The number of rotatable bonds is 1. The van der Waals surface area contributed by atoms with Crippen molar-refractivity contribution in [3.63, 3.8) is 0 Å². The third kappa shape index (κ3) is 1.38. The molecule has 4 heteroatoms. The van der Waals surface area contributed by atoms with E-state index in [1.54, 1.807) is 0 Å². The number of imidazole rings is 1. The van der Waals surface area contributed by atoms with Crippen LogP contribution in [0.2, 0.25) is 0 Å². The van der Waals surface area contributed by atoms with Gasteiger partial charge >= 0.3 is 0 Å². The standard InChI is InChI=1S/C14H18BrN3/c1-13(2)11(14(13,3)4)12-17-9-6-7(15)5-8(16)10(9)18-12/h5-6,11H,16H2,1-4H3,(H,17,18). The smallest absolute Gasteiger partial charge is 0.112 e. The molecule has 0 amide bonds. The molecule has 0 spiro atoms. The maximum atomic E-state index is 6.01. The van der Waals surface area contributed by atoms with Crippen molar-refractivity contribution in [2.45, 2.75) is 33.6 Å². The highest BCUT2D eigenvalue weighted by molar-refractivity contribution is 9.10. The van der Waals surface area contributed by atoms with Crippen LogP contribution in [0.25, 0.3) is 11.0 Å². The van der Waals surface area contributed by atoms with Gasteiger partial charge in [0.05, 0.1) is 11.2 Å². The fourth-order valence-corrected chi connectivity index (χ4v) is 3.62. The Balaban J connectivity index is 2.14. The second-order valence-electron chi connectivity index (χ2n) is 6.39. The lowest BCUT2D eigenvalue weighted by molar-refractivity contribution is 0.457. The predicted octanol–water partition coefficient (Wildman–Crippen LogP) is 4.06. The topological polar surface area (TPSA) is 54.7 Å². The number of nitrogens with two attached hydrogens (primary N) is 1. The van der Waals surface area contributed by atoms with Crippen molar-refractivity contribution in [1.82, 2.24) is 9.97 Å². The molecule has 3 N–H and O–H groups in total. The monoisotopic (exact) mass is 307 g/mol. The summed E-state index contributed by atoms with van der Waals surface area (Å²) in [4.78, 5) is 8.13. The Morgan fingerprint density at radius 1 is 1.22 bits per heavy atom. The maximum Gasteiger partial charge on any atom is 0.112 e. The zero-order chi connectivity index (χ0) is 13.3. The molecule has 1 fully saturated rings. The van der Waals surface area contributed by atoms with Gasteiger partial charge in [-0.25, -0.2) is 4.98 Å². The van der Waals surface area contributed by atoms with Gasteiger partial charge < -0.3 is 10.7 Å². The summed E-state index contributed by atoms with van der Waals surface area (Å²) in [5, 5.41) is 0. The van der Waals surface area contributed by atoms with E-state index >= 15 is 0 Å². The van der Waals surface area contributed by atoms with Crippen molar-refractivity contribution in [2.75, 3.05) is 5.73 Å². The summed E-state index contributed by atoms with van der Waals surface area (Å²) < 4.78 is 0.983. The third-order valence-corrected chi connectivity index (χ3v) is 5.35.